The van der Waals surface area contributed by atoms with Crippen LogP contribution in [0.5, 0.6) is 5.75 Å². The van der Waals surface area contributed by atoms with Gasteiger partial charge in [-0.1, -0.05) is 18.2 Å². The maximum Gasteiger partial charge on any atom is 0.315 e. The highest BCUT2D eigenvalue weighted by Gasteiger charge is 2.11. The maximum atomic E-state index is 12.0. The molecule has 0 unspecified atom stereocenters. The number of nitrogens with one attached hydrogen (secondary N) is 2. The van der Waals surface area contributed by atoms with Gasteiger partial charge in [0.25, 0.3) is 0 Å². The summed E-state index contributed by atoms with van der Waals surface area (Å²) in [6.07, 6.45) is 1.77. The van der Waals surface area contributed by atoms with E-state index < -0.39 is 0 Å². The SMILES string of the molecule is Cc1cccc(C)c1OC[C@H](C)NC(=O)NCc1cnn(C)c1C. The number of carbonyl (C=O) groups is 1. The minimum absolute atomic E-state index is 0.0981. The fraction of sp³-hybridized carbons (Fsp3) is 0.444. The molecule has 24 heavy (non-hydrogen) atoms. The number of benzene rings is 1. The lowest BCUT2D eigenvalue weighted by Gasteiger charge is -2.17. The Labute approximate surface area is 143 Å². The van der Waals surface area contributed by atoms with Crippen molar-refractivity contribution in [2.24, 2.45) is 7.05 Å². The highest BCUT2D eigenvalue weighted by molar-refractivity contribution is 5.74. The molecular formula is C18H26N4O2. The molecule has 1 aromatic heterocycles. The molecule has 0 aliphatic heterocycles. The lowest BCUT2D eigenvalue weighted by atomic mass is 10.1. The van der Waals surface area contributed by atoms with Gasteiger partial charge in [0.05, 0.1) is 12.2 Å². The van der Waals surface area contributed by atoms with Crippen molar-refractivity contribution in [1.29, 1.82) is 0 Å². The third-order valence-electron chi connectivity index (χ3n) is 4.04. The first-order valence-electron chi connectivity index (χ1n) is 8.09. The summed E-state index contributed by atoms with van der Waals surface area (Å²) in [6, 6.07) is 5.73. The number of para-hydroxylation sites is 1. The van der Waals surface area contributed by atoms with Crippen LogP contribution in [0.1, 0.15) is 29.3 Å². The van der Waals surface area contributed by atoms with Gasteiger partial charge in [0.1, 0.15) is 12.4 Å². The summed E-state index contributed by atoms with van der Waals surface area (Å²) in [6.45, 7) is 8.80. The molecule has 0 saturated heterocycles. The summed E-state index contributed by atoms with van der Waals surface area (Å²) in [5, 5.41) is 9.89. The van der Waals surface area contributed by atoms with Crippen LogP contribution >= 0.6 is 0 Å². The smallest absolute Gasteiger partial charge is 0.315 e. The van der Waals surface area contributed by atoms with Crippen LogP contribution in [0.3, 0.4) is 0 Å². The molecule has 0 saturated carbocycles. The minimum atomic E-state index is -0.212. The molecule has 2 amide bonds. The normalized spacial score (nSPS) is 11.9. The topological polar surface area (TPSA) is 68.2 Å². The van der Waals surface area contributed by atoms with Gasteiger partial charge in [-0.2, -0.15) is 5.10 Å². The van der Waals surface area contributed by atoms with E-state index >= 15 is 0 Å². The largest absolute Gasteiger partial charge is 0.491 e. The highest BCUT2D eigenvalue weighted by Crippen LogP contribution is 2.22. The van der Waals surface area contributed by atoms with E-state index in [2.05, 4.69) is 15.7 Å². The number of rotatable bonds is 6. The van der Waals surface area contributed by atoms with Crippen LogP contribution in [0.25, 0.3) is 0 Å². The quantitative estimate of drug-likeness (QED) is 0.855. The molecule has 2 aromatic rings. The molecule has 0 aliphatic rings. The summed E-state index contributed by atoms with van der Waals surface area (Å²) in [4.78, 5) is 12.0. The van der Waals surface area contributed by atoms with E-state index in [1.54, 1.807) is 10.9 Å². The van der Waals surface area contributed by atoms with Gasteiger partial charge < -0.3 is 15.4 Å². The Hall–Kier alpha value is -2.50. The van der Waals surface area contributed by atoms with Crippen LogP contribution in [0.4, 0.5) is 4.79 Å². The van der Waals surface area contributed by atoms with E-state index in [1.165, 1.54) is 0 Å². The average molecular weight is 330 g/mol. The fourth-order valence-corrected chi connectivity index (χ4v) is 2.44. The predicted molar refractivity (Wildman–Crippen MR) is 94.2 cm³/mol. The number of urea groups is 1. The van der Waals surface area contributed by atoms with Crippen LogP contribution < -0.4 is 15.4 Å². The van der Waals surface area contributed by atoms with Crippen LogP contribution in [-0.4, -0.2) is 28.5 Å². The Morgan fingerprint density at radius 1 is 1.29 bits per heavy atom. The van der Waals surface area contributed by atoms with Gasteiger partial charge >= 0.3 is 6.03 Å². The Kier molecular flexibility index (Phi) is 5.84. The predicted octanol–water partition coefficient (Wildman–Crippen LogP) is 2.61. The van der Waals surface area contributed by atoms with Crippen LogP contribution in [0, 0.1) is 20.8 Å². The summed E-state index contributed by atoms with van der Waals surface area (Å²) >= 11 is 0. The van der Waals surface area contributed by atoms with E-state index in [0.29, 0.717) is 13.2 Å². The Balaban J connectivity index is 1.78. The second-order valence-electron chi connectivity index (χ2n) is 6.14. The van der Waals surface area contributed by atoms with Crippen molar-refractivity contribution >= 4 is 6.03 Å². The molecule has 0 aliphatic carbocycles. The van der Waals surface area contributed by atoms with E-state index in [-0.39, 0.29) is 12.1 Å². The summed E-state index contributed by atoms with van der Waals surface area (Å²) < 4.78 is 7.65. The van der Waals surface area contributed by atoms with E-state index in [9.17, 15) is 4.79 Å². The molecule has 0 fully saturated rings. The van der Waals surface area contributed by atoms with Crippen molar-refractivity contribution in [3.8, 4) is 5.75 Å². The van der Waals surface area contributed by atoms with Gasteiger partial charge in [0.15, 0.2) is 0 Å². The lowest BCUT2D eigenvalue weighted by Crippen LogP contribution is -2.43. The lowest BCUT2D eigenvalue weighted by molar-refractivity contribution is 0.225. The number of aromatic nitrogens is 2. The van der Waals surface area contributed by atoms with Crippen LogP contribution in [-0.2, 0) is 13.6 Å². The second-order valence-corrected chi connectivity index (χ2v) is 6.14. The Morgan fingerprint density at radius 2 is 1.96 bits per heavy atom. The maximum absolute atomic E-state index is 12.0. The summed E-state index contributed by atoms with van der Waals surface area (Å²) in [5.74, 6) is 0.887. The standard InChI is InChI=1S/C18H26N4O2/c1-12-7-6-8-13(2)17(12)24-11-14(3)21-18(23)19-9-16-10-20-22(5)15(16)4/h6-8,10,14H,9,11H2,1-5H3,(H2,19,21,23)/t14-/m0/s1. The first kappa shape index (κ1) is 17.8. The van der Waals surface area contributed by atoms with Gasteiger partial charge in [-0.15, -0.1) is 0 Å². The van der Waals surface area contributed by atoms with Gasteiger partial charge in [-0.3, -0.25) is 4.68 Å². The zero-order valence-corrected chi connectivity index (χ0v) is 15.0. The minimum Gasteiger partial charge on any atom is -0.491 e. The average Bonchev–Trinajstić information content (AvgIpc) is 2.84. The van der Waals surface area contributed by atoms with Crippen molar-refractivity contribution in [3.63, 3.8) is 0 Å². The number of ether oxygens (including phenoxy) is 1. The highest BCUT2D eigenvalue weighted by atomic mass is 16.5. The van der Waals surface area contributed by atoms with Crippen molar-refractivity contribution < 1.29 is 9.53 Å². The van der Waals surface area contributed by atoms with Crippen LogP contribution in [0.15, 0.2) is 24.4 Å². The van der Waals surface area contributed by atoms with Gasteiger partial charge in [0, 0.05) is 24.8 Å². The molecule has 2 N–H and O–H groups in total. The molecule has 0 radical (unpaired) electrons. The van der Waals surface area contributed by atoms with Crippen molar-refractivity contribution in [2.75, 3.05) is 6.61 Å². The molecule has 1 heterocycles. The second kappa shape index (κ2) is 7.86. The van der Waals surface area contributed by atoms with Gasteiger partial charge in [-0.05, 0) is 38.8 Å². The monoisotopic (exact) mass is 330 g/mol. The van der Waals surface area contributed by atoms with E-state index in [1.807, 2.05) is 52.9 Å². The number of carbonyl (C=O) groups excluding carboxylic acids is 1. The number of amides is 2. The number of aryl methyl sites for hydroxylation is 3. The number of hydrogen-bond donors (Lipinski definition) is 2. The van der Waals surface area contributed by atoms with Crippen molar-refractivity contribution in [1.82, 2.24) is 20.4 Å². The molecular weight excluding hydrogens is 304 g/mol. The molecule has 130 valence electrons. The summed E-state index contributed by atoms with van der Waals surface area (Å²) in [5.41, 5.74) is 4.24. The molecule has 2 rings (SSSR count). The molecule has 1 atom stereocenters. The van der Waals surface area contributed by atoms with E-state index in [0.717, 1.165) is 28.1 Å². The summed E-state index contributed by atoms with van der Waals surface area (Å²) in [7, 11) is 1.88. The third-order valence-corrected chi connectivity index (χ3v) is 4.04. The first-order chi connectivity index (χ1) is 11.4. The van der Waals surface area contributed by atoms with Gasteiger partial charge in [-0.25, -0.2) is 4.79 Å². The van der Waals surface area contributed by atoms with Gasteiger partial charge in [0.2, 0.25) is 0 Å². The Morgan fingerprint density at radius 3 is 2.54 bits per heavy atom. The zero-order chi connectivity index (χ0) is 17.7. The number of hydrogen-bond acceptors (Lipinski definition) is 3. The number of nitrogens with zero attached hydrogens (tertiary/aromatic N) is 2. The molecule has 6 nitrogen and oxygen atoms in total. The van der Waals surface area contributed by atoms with E-state index in [4.69, 9.17) is 4.74 Å². The molecule has 0 spiro atoms. The fourth-order valence-electron chi connectivity index (χ4n) is 2.44. The first-order valence-corrected chi connectivity index (χ1v) is 8.09. The Bertz CT molecular complexity index is 689. The zero-order valence-electron chi connectivity index (χ0n) is 15.0. The molecule has 1 aromatic carbocycles. The third kappa shape index (κ3) is 4.50. The van der Waals surface area contributed by atoms with Crippen molar-refractivity contribution in [3.05, 3.63) is 46.8 Å². The molecule has 0 bridgehead atoms. The van der Waals surface area contributed by atoms with Crippen molar-refractivity contribution in [2.45, 2.75) is 40.3 Å². The van der Waals surface area contributed by atoms with Crippen LogP contribution in [0.2, 0.25) is 0 Å². The molecule has 6 heteroatoms.